The molecule has 13 nitrogen and oxygen atoms in total. The van der Waals surface area contributed by atoms with E-state index in [4.69, 9.17) is 29.2 Å². The van der Waals surface area contributed by atoms with Crippen LogP contribution in [0.1, 0.15) is 36.0 Å². The highest BCUT2D eigenvalue weighted by atomic mass is 79.9. The highest BCUT2D eigenvalue weighted by Crippen LogP contribution is 2.32. The van der Waals surface area contributed by atoms with Gasteiger partial charge in [0.25, 0.3) is 0 Å². The summed E-state index contributed by atoms with van der Waals surface area (Å²) in [7, 11) is 1.36. The van der Waals surface area contributed by atoms with E-state index in [1.165, 1.54) is 25.3 Å². The van der Waals surface area contributed by atoms with Gasteiger partial charge in [0.05, 0.1) is 30.8 Å². The molecule has 20 heteroatoms. The van der Waals surface area contributed by atoms with E-state index in [2.05, 4.69) is 100 Å². The standard InChI is InChI=1S/C22H22BrN5O2S.C21H19BrF3N5OS/c1-30-21(29)14-3-2-4-18(12-14)26-22(31)25-17-7-9-28(10-8-17)20-19-6-5-16(23)11-15(19)13-24-27-20;22-14-5-6-16-13(11-14)12-26-29-19(16)30-9-7-15(8-10-30)27-20(32)28-17-3-1-2-4-18(17)31-21(23,24)25/h2-6,11-13,17H,7-10H2,1H3,(H2,25,26,31);1-6,11-12,15H,7-10H2,(H2,27,28,32). The SMILES string of the molecule is COC(=O)c1cccc(NC(=S)NC2CCN(c3nncc4cc(Br)ccc34)CC2)c1.FC(F)(F)Oc1ccccc1NC(=S)NC1CCN(c2nncc3cc(Br)ccc23)CC1. The van der Waals surface area contributed by atoms with E-state index in [1.807, 2.05) is 30.3 Å². The van der Waals surface area contributed by atoms with Crippen LogP contribution in [-0.4, -0.2) is 88.3 Å². The van der Waals surface area contributed by atoms with Crippen molar-refractivity contribution in [1.29, 1.82) is 0 Å². The zero-order chi connectivity index (χ0) is 44.5. The van der Waals surface area contributed by atoms with Crippen molar-refractivity contribution in [3.05, 3.63) is 112 Å². The average molecular weight is 1030 g/mol. The predicted octanol–water partition coefficient (Wildman–Crippen LogP) is 9.38. The van der Waals surface area contributed by atoms with E-state index in [9.17, 15) is 18.0 Å². The van der Waals surface area contributed by atoms with Gasteiger partial charge in [-0.3, -0.25) is 0 Å². The molecule has 4 heterocycles. The zero-order valence-corrected chi connectivity index (χ0v) is 38.5. The minimum absolute atomic E-state index is 0.0824. The number of thiocarbonyl (C=S) groups is 2. The molecule has 0 unspecified atom stereocenters. The summed E-state index contributed by atoms with van der Waals surface area (Å²) in [5.74, 6) is 1.05. The average Bonchev–Trinajstić information content (AvgIpc) is 3.26. The number of alkyl halides is 3. The number of carbonyl (C=O) groups is 1. The molecule has 0 spiro atoms. The Morgan fingerprint density at radius 1 is 0.714 bits per heavy atom. The van der Waals surface area contributed by atoms with Crippen molar-refractivity contribution >= 4 is 117 Å². The van der Waals surface area contributed by atoms with Crippen LogP contribution < -0.4 is 35.8 Å². The zero-order valence-electron chi connectivity index (χ0n) is 33.7. The fraction of sp³-hybridized carbons (Fsp3) is 0.279. The number of piperidine rings is 2. The summed E-state index contributed by atoms with van der Waals surface area (Å²) in [4.78, 5) is 16.2. The van der Waals surface area contributed by atoms with Crippen LogP contribution in [0.2, 0.25) is 0 Å². The van der Waals surface area contributed by atoms with Crippen LogP contribution in [0, 0.1) is 0 Å². The van der Waals surface area contributed by atoms with Gasteiger partial charge in [-0.05, 0) is 117 Å². The molecular formula is C43H41Br2F3N10O3S2. The number of para-hydroxylation sites is 2. The van der Waals surface area contributed by atoms with E-state index in [1.54, 1.807) is 36.7 Å². The fourth-order valence-corrected chi connectivity index (χ4v) is 8.67. The second-order valence-electron chi connectivity index (χ2n) is 14.6. The number of halogens is 5. The molecule has 6 aromatic rings. The number of benzene rings is 4. The number of anilines is 4. The van der Waals surface area contributed by atoms with Gasteiger partial charge in [0.2, 0.25) is 0 Å². The number of fused-ring (bicyclic) bond motifs is 2. The first-order valence-electron chi connectivity index (χ1n) is 19.8. The number of hydrogen-bond donors (Lipinski definition) is 4. The maximum Gasteiger partial charge on any atom is 0.573 e. The number of methoxy groups -OCH3 is 1. The summed E-state index contributed by atoms with van der Waals surface area (Å²) < 4.78 is 48.7. The van der Waals surface area contributed by atoms with Gasteiger partial charge in [-0.2, -0.15) is 10.2 Å². The van der Waals surface area contributed by atoms with Crippen LogP contribution in [0.3, 0.4) is 0 Å². The minimum Gasteiger partial charge on any atom is -0.465 e. The Hall–Kier alpha value is -5.44. The largest absolute Gasteiger partial charge is 0.573 e. The lowest BCUT2D eigenvalue weighted by Crippen LogP contribution is -2.46. The number of aromatic nitrogens is 4. The Labute approximate surface area is 388 Å². The topological polar surface area (TPSA) is 142 Å². The van der Waals surface area contributed by atoms with Crippen molar-refractivity contribution in [1.82, 2.24) is 31.0 Å². The van der Waals surface area contributed by atoms with Crippen molar-refractivity contribution < 1.29 is 27.4 Å². The van der Waals surface area contributed by atoms with Gasteiger partial charge in [0.15, 0.2) is 27.6 Å². The van der Waals surface area contributed by atoms with Crippen molar-refractivity contribution in [2.45, 2.75) is 44.1 Å². The third-order valence-corrected chi connectivity index (χ3v) is 11.8. The highest BCUT2D eigenvalue weighted by molar-refractivity contribution is 9.10. The van der Waals surface area contributed by atoms with Crippen LogP contribution in [0.5, 0.6) is 5.75 Å². The Morgan fingerprint density at radius 3 is 1.76 bits per heavy atom. The maximum absolute atomic E-state index is 12.6. The van der Waals surface area contributed by atoms with Crippen molar-refractivity contribution in [2.75, 3.05) is 53.7 Å². The lowest BCUT2D eigenvalue weighted by Gasteiger charge is -2.34. The van der Waals surface area contributed by atoms with Gasteiger partial charge in [0, 0.05) is 74.4 Å². The normalized spacial score (nSPS) is 14.6. The first-order chi connectivity index (χ1) is 30.3. The Bertz CT molecular complexity index is 2600. The molecule has 2 aliphatic heterocycles. The molecule has 2 saturated heterocycles. The van der Waals surface area contributed by atoms with Crippen LogP contribution in [0.25, 0.3) is 21.5 Å². The molecule has 0 amide bonds. The number of nitrogens with one attached hydrogen (secondary N) is 4. The summed E-state index contributed by atoms with van der Waals surface area (Å²) in [6, 6.07) is 25.4. The number of hydrogen-bond acceptors (Lipinski definition) is 11. The number of esters is 1. The molecule has 0 radical (unpaired) electrons. The molecule has 2 aliphatic rings. The monoisotopic (exact) mass is 1020 g/mol. The summed E-state index contributed by atoms with van der Waals surface area (Å²) in [5, 5.41) is 34.6. The van der Waals surface area contributed by atoms with Crippen molar-refractivity contribution in [3.63, 3.8) is 0 Å². The number of carbonyl (C=O) groups excluding carboxylic acids is 1. The molecule has 0 aliphatic carbocycles. The van der Waals surface area contributed by atoms with E-state index >= 15 is 0 Å². The molecule has 328 valence electrons. The number of rotatable bonds is 8. The molecule has 8 rings (SSSR count). The summed E-state index contributed by atoms with van der Waals surface area (Å²) in [6.07, 6.45) is 2.19. The minimum atomic E-state index is -4.78. The van der Waals surface area contributed by atoms with Crippen LogP contribution >= 0.6 is 56.3 Å². The van der Waals surface area contributed by atoms with Gasteiger partial charge < -0.3 is 40.5 Å². The van der Waals surface area contributed by atoms with Gasteiger partial charge in [-0.15, -0.1) is 23.4 Å². The van der Waals surface area contributed by atoms with Gasteiger partial charge in [0.1, 0.15) is 0 Å². The summed E-state index contributed by atoms with van der Waals surface area (Å²) >= 11 is 17.8. The Morgan fingerprint density at radius 2 is 1.24 bits per heavy atom. The van der Waals surface area contributed by atoms with Crippen LogP contribution in [0.4, 0.5) is 36.2 Å². The maximum atomic E-state index is 12.6. The van der Waals surface area contributed by atoms with Gasteiger partial charge in [-0.1, -0.05) is 50.1 Å². The molecule has 4 N–H and O–H groups in total. The quantitative estimate of drug-likeness (QED) is 0.0850. The van der Waals surface area contributed by atoms with Gasteiger partial charge in [-0.25, -0.2) is 4.79 Å². The molecule has 63 heavy (non-hydrogen) atoms. The first-order valence-corrected chi connectivity index (χ1v) is 22.2. The number of nitrogens with zero attached hydrogens (tertiary/aromatic N) is 6. The Kier molecular flexibility index (Phi) is 15.1. The second kappa shape index (κ2) is 20.8. The lowest BCUT2D eigenvalue weighted by atomic mass is 10.0. The molecule has 2 fully saturated rings. The molecule has 0 saturated carbocycles. The van der Waals surface area contributed by atoms with Crippen molar-refractivity contribution in [2.24, 2.45) is 0 Å². The molecule has 4 aromatic carbocycles. The van der Waals surface area contributed by atoms with E-state index in [0.717, 1.165) is 99.7 Å². The second-order valence-corrected chi connectivity index (χ2v) is 17.3. The smallest absolute Gasteiger partial charge is 0.465 e. The van der Waals surface area contributed by atoms with E-state index in [0.29, 0.717) is 10.7 Å². The molecule has 0 atom stereocenters. The summed E-state index contributed by atoms with van der Waals surface area (Å²) in [6.45, 7) is 3.22. The van der Waals surface area contributed by atoms with E-state index < -0.39 is 6.36 Å². The van der Waals surface area contributed by atoms with Crippen molar-refractivity contribution in [3.8, 4) is 5.75 Å². The number of ether oxygens (including phenoxy) is 2. The lowest BCUT2D eigenvalue weighted by molar-refractivity contribution is -0.274. The third-order valence-electron chi connectivity index (χ3n) is 10.4. The van der Waals surface area contributed by atoms with E-state index in [-0.39, 0.29) is 34.6 Å². The first kappa shape index (κ1) is 45.6. The fourth-order valence-electron chi connectivity index (χ4n) is 7.35. The third kappa shape index (κ3) is 12.4. The predicted molar refractivity (Wildman–Crippen MR) is 255 cm³/mol. The molecular weight excluding hydrogens is 985 g/mol. The van der Waals surface area contributed by atoms with Crippen LogP contribution in [0.15, 0.2) is 106 Å². The highest BCUT2D eigenvalue weighted by Gasteiger charge is 2.32. The van der Waals surface area contributed by atoms with Crippen LogP contribution in [-0.2, 0) is 4.74 Å². The summed E-state index contributed by atoms with van der Waals surface area (Å²) in [5.41, 5.74) is 1.37. The Balaban J connectivity index is 0.000000189. The van der Waals surface area contributed by atoms with Gasteiger partial charge >= 0.3 is 12.3 Å². The molecule has 2 aromatic heterocycles. The molecule has 0 bridgehead atoms.